The molecule has 0 fully saturated rings. The Hall–Kier alpha value is -3.08. The lowest BCUT2D eigenvalue weighted by Gasteiger charge is -2.16. The third-order valence-electron chi connectivity index (χ3n) is 3.62. The minimum Gasteiger partial charge on any atom is -0.457 e. The Kier molecular flexibility index (Phi) is 4.61. The van der Waals surface area contributed by atoms with Crippen molar-refractivity contribution in [3.05, 3.63) is 78.0 Å². The normalized spacial score (nSPS) is 10.4. The van der Waals surface area contributed by atoms with Crippen LogP contribution in [0.2, 0.25) is 0 Å². The molecule has 1 aromatic heterocycles. The molecule has 0 N–H and O–H groups in total. The standard InChI is InChI=1S/C19H18N2O3/c1-14-18(20-13-23-14)19(22)21(2)12-15-8-10-17(11-9-15)24-16-6-4-3-5-7-16/h3-11,13H,12H2,1-2H3. The summed E-state index contributed by atoms with van der Waals surface area (Å²) in [5.41, 5.74) is 1.36. The number of carbonyl (C=O) groups is 1. The molecule has 5 heteroatoms. The fourth-order valence-corrected chi connectivity index (χ4v) is 2.32. The van der Waals surface area contributed by atoms with E-state index in [0.29, 0.717) is 18.0 Å². The number of oxazole rings is 1. The zero-order chi connectivity index (χ0) is 16.9. The van der Waals surface area contributed by atoms with Gasteiger partial charge in [-0.1, -0.05) is 30.3 Å². The number of aromatic nitrogens is 1. The Balaban J connectivity index is 1.63. The second kappa shape index (κ2) is 7.00. The molecule has 2 aromatic carbocycles. The van der Waals surface area contributed by atoms with Crippen molar-refractivity contribution in [2.45, 2.75) is 13.5 Å². The first kappa shape index (κ1) is 15.8. The molecule has 3 rings (SSSR count). The van der Waals surface area contributed by atoms with E-state index in [1.807, 2.05) is 54.6 Å². The number of aryl methyl sites for hydroxylation is 1. The molecule has 0 aliphatic rings. The van der Waals surface area contributed by atoms with Crippen LogP contribution in [0.5, 0.6) is 11.5 Å². The summed E-state index contributed by atoms with van der Waals surface area (Å²) in [4.78, 5) is 17.9. The van der Waals surface area contributed by atoms with Gasteiger partial charge in [0.1, 0.15) is 17.3 Å². The van der Waals surface area contributed by atoms with Gasteiger partial charge in [0.25, 0.3) is 5.91 Å². The summed E-state index contributed by atoms with van der Waals surface area (Å²) in [6.07, 6.45) is 1.28. The van der Waals surface area contributed by atoms with E-state index < -0.39 is 0 Å². The van der Waals surface area contributed by atoms with E-state index in [-0.39, 0.29) is 5.91 Å². The van der Waals surface area contributed by atoms with E-state index in [1.54, 1.807) is 18.9 Å². The fraction of sp³-hybridized carbons (Fsp3) is 0.158. The second-order valence-electron chi connectivity index (χ2n) is 5.48. The number of hydrogen-bond donors (Lipinski definition) is 0. The smallest absolute Gasteiger partial charge is 0.276 e. The van der Waals surface area contributed by atoms with Crippen molar-refractivity contribution in [1.82, 2.24) is 9.88 Å². The van der Waals surface area contributed by atoms with Crippen LogP contribution in [0.1, 0.15) is 21.8 Å². The lowest BCUT2D eigenvalue weighted by molar-refractivity contribution is 0.0778. The van der Waals surface area contributed by atoms with Crippen LogP contribution in [-0.4, -0.2) is 22.8 Å². The average Bonchev–Trinajstić information content (AvgIpc) is 3.03. The van der Waals surface area contributed by atoms with Gasteiger partial charge >= 0.3 is 0 Å². The zero-order valence-corrected chi connectivity index (χ0v) is 13.6. The van der Waals surface area contributed by atoms with Gasteiger partial charge in [-0.15, -0.1) is 0 Å². The molecule has 0 aliphatic carbocycles. The predicted octanol–water partition coefficient (Wildman–Crippen LogP) is 4.05. The second-order valence-corrected chi connectivity index (χ2v) is 5.48. The third-order valence-corrected chi connectivity index (χ3v) is 3.62. The highest BCUT2D eigenvalue weighted by Crippen LogP contribution is 2.21. The van der Waals surface area contributed by atoms with Gasteiger partial charge in [0.2, 0.25) is 0 Å². The Morgan fingerprint density at radius 1 is 1.08 bits per heavy atom. The molecule has 0 aliphatic heterocycles. The summed E-state index contributed by atoms with van der Waals surface area (Å²) in [5, 5.41) is 0. The summed E-state index contributed by atoms with van der Waals surface area (Å²) in [6.45, 7) is 2.21. The van der Waals surface area contributed by atoms with Crippen molar-refractivity contribution in [1.29, 1.82) is 0 Å². The highest BCUT2D eigenvalue weighted by atomic mass is 16.5. The van der Waals surface area contributed by atoms with Gasteiger partial charge in [0.15, 0.2) is 12.1 Å². The molecule has 1 amide bonds. The quantitative estimate of drug-likeness (QED) is 0.711. The minimum atomic E-state index is -0.161. The van der Waals surface area contributed by atoms with Gasteiger partial charge in [-0.05, 0) is 36.8 Å². The summed E-state index contributed by atoms with van der Waals surface area (Å²) in [5.74, 6) is 1.91. The molecular formula is C19H18N2O3. The van der Waals surface area contributed by atoms with Crippen LogP contribution in [0.25, 0.3) is 0 Å². The third kappa shape index (κ3) is 3.63. The van der Waals surface area contributed by atoms with Crippen LogP contribution in [0.4, 0.5) is 0 Å². The number of benzene rings is 2. The number of para-hydroxylation sites is 1. The number of rotatable bonds is 5. The van der Waals surface area contributed by atoms with E-state index >= 15 is 0 Å². The van der Waals surface area contributed by atoms with E-state index in [4.69, 9.17) is 9.15 Å². The Morgan fingerprint density at radius 3 is 2.38 bits per heavy atom. The molecule has 0 bridgehead atoms. The SMILES string of the molecule is Cc1ocnc1C(=O)N(C)Cc1ccc(Oc2ccccc2)cc1. The molecule has 0 spiro atoms. The average molecular weight is 322 g/mol. The van der Waals surface area contributed by atoms with Crippen molar-refractivity contribution in [2.24, 2.45) is 0 Å². The van der Waals surface area contributed by atoms with E-state index in [2.05, 4.69) is 4.98 Å². The van der Waals surface area contributed by atoms with Crippen molar-refractivity contribution < 1.29 is 13.9 Å². The number of nitrogens with zero attached hydrogens (tertiary/aromatic N) is 2. The van der Waals surface area contributed by atoms with E-state index in [9.17, 15) is 4.79 Å². The summed E-state index contributed by atoms with van der Waals surface area (Å²) >= 11 is 0. The zero-order valence-electron chi connectivity index (χ0n) is 13.6. The monoisotopic (exact) mass is 322 g/mol. The van der Waals surface area contributed by atoms with Gasteiger partial charge in [-0.3, -0.25) is 4.79 Å². The van der Waals surface area contributed by atoms with E-state index in [1.165, 1.54) is 6.39 Å². The number of hydrogen-bond acceptors (Lipinski definition) is 4. The first-order valence-electron chi connectivity index (χ1n) is 7.61. The summed E-state index contributed by atoms with van der Waals surface area (Å²) in [7, 11) is 1.74. The first-order chi connectivity index (χ1) is 11.6. The Labute approximate surface area is 140 Å². The summed E-state index contributed by atoms with van der Waals surface area (Å²) in [6, 6.07) is 17.3. The molecule has 0 atom stereocenters. The van der Waals surface area contributed by atoms with Crippen LogP contribution in [0.15, 0.2) is 65.4 Å². The lowest BCUT2D eigenvalue weighted by atomic mass is 10.2. The van der Waals surface area contributed by atoms with Crippen molar-refractivity contribution >= 4 is 5.91 Å². The maximum absolute atomic E-state index is 12.3. The molecule has 0 radical (unpaired) electrons. The molecule has 5 nitrogen and oxygen atoms in total. The molecular weight excluding hydrogens is 304 g/mol. The highest BCUT2D eigenvalue weighted by Gasteiger charge is 2.18. The van der Waals surface area contributed by atoms with Crippen molar-refractivity contribution in [3.63, 3.8) is 0 Å². The molecule has 0 unspecified atom stereocenters. The maximum atomic E-state index is 12.3. The van der Waals surface area contributed by atoms with E-state index in [0.717, 1.165) is 17.1 Å². The molecule has 0 saturated heterocycles. The minimum absolute atomic E-state index is 0.161. The van der Waals surface area contributed by atoms with Crippen LogP contribution in [0, 0.1) is 6.92 Å². The van der Waals surface area contributed by atoms with Gasteiger partial charge in [0, 0.05) is 13.6 Å². The van der Waals surface area contributed by atoms with Gasteiger partial charge in [0.05, 0.1) is 0 Å². The number of amides is 1. The largest absolute Gasteiger partial charge is 0.457 e. The van der Waals surface area contributed by atoms with Crippen molar-refractivity contribution in [3.8, 4) is 11.5 Å². The van der Waals surface area contributed by atoms with Crippen LogP contribution >= 0.6 is 0 Å². The Morgan fingerprint density at radius 2 is 1.75 bits per heavy atom. The molecule has 3 aromatic rings. The maximum Gasteiger partial charge on any atom is 0.276 e. The fourth-order valence-electron chi connectivity index (χ4n) is 2.32. The van der Waals surface area contributed by atoms with Crippen LogP contribution in [0.3, 0.4) is 0 Å². The predicted molar refractivity (Wildman–Crippen MR) is 90.0 cm³/mol. The molecule has 24 heavy (non-hydrogen) atoms. The van der Waals surface area contributed by atoms with Gasteiger partial charge in [-0.25, -0.2) is 4.98 Å². The van der Waals surface area contributed by atoms with Gasteiger partial charge in [-0.2, -0.15) is 0 Å². The molecule has 1 heterocycles. The first-order valence-corrected chi connectivity index (χ1v) is 7.61. The highest BCUT2D eigenvalue weighted by molar-refractivity contribution is 5.92. The number of ether oxygens (including phenoxy) is 1. The van der Waals surface area contributed by atoms with Crippen molar-refractivity contribution in [2.75, 3.05) is 7.05 Å². The molecule has 122 valence electrons. The lowest BCUT2D eigenvalue weighted by Crippen LogP contribution is -2.27. The summed E-state index contributed by atoms with van der Waals surface area (Å²) < 4.78 is 10.8. The Bertz CT molecular complexity index is 810. The topological polar surface area (TPSA) is 55.6 Å². The number of carbonyl (C=O) groups excluding carboxylic acids is 1. The van der Waals surface area contributed by atoms with Crippen LogP contribution < -0.4 is 4.74 Å². The van der Waals surface area contributed by atoms with Gasteiger partial charge < -0.3 is 14.1 Å². The van der Waals surface area contributed by atoms with Crippen LogP contribution in [-0.2, 0) is 6.54 Å². The molecule has 0 saturated carbocycles.